The zero-order valence-corrected chi connectivity index (χ0v) is 15.2. The van der Waals surface area contributed by atoms with E-state index >= 15 is 0 Å². The Kier molecular flexibility index (Phi) is 3.50. The number of cyclic esters (lactones) is 1. The number of esters is 1. The normalized spacial score (nSPS) is 19.9. The summed E-state index contributed by atoms with van der Waals surface area (Å²) in [6.07, 6.45) is 0.111. The van der Waals surface area contributed by atoms with Crippen molar-refractivity contribution in [1.82, 2.24) is 9.55 Å². The molecule has 2 aromatic heterocycles. The van der Waals surface area contributed by atoms with E-state index in [9.17, 15) is 19.8 Å². The topological polar surface area (TPSA) is 102 Å². The quantitative estimate of drug-likeness (QED) is 0.514. The number of hydrogen-bond donors (Lipinski definition) is 2. The molecule has 0 saturated heterocycles. The fourth-order valence-corrected chi connectivity index (χ4v) is 4.20. The van der Waals surface area contributed by atoms with Gasteiger partial charge in [-0.25, -0.2) is 9.78 Å². The standard InChI is InChI=1S/C21H18N2O5/c1-2-21(27)15-7-17-18-12(6-13-11(9-24)4-3-5-16(13)22-18)8-23(17)19(25)14(15)10-28-20(21)26/h3-7,24,27H,2,8-10H2,1H3. The molecule has 1 aromatic carbocycles. The number of nitrogens with zero attached hydrogens (tertiary/aromatic N) is 2. The van der Waals surface area contributed by atoms with Gasteiger partial charge in [-0.1, -0.05) is 19.1 Å². The first-order chi connectivity index (χ1) is 13.5. The van der Waals surface area contributed by atoms with Crippen LogP contribution in [-0.4, -0.2) is 25.7 Å². The summed E-state index contributed by atoms with van der Waals surface area (Å²) in [5, 5.41) is 21.3. The molecule has 0 bridgehead atoms. The summed E-state index contributed by atoms with van der Waals surface area (Å²) in [4.78, 5) is 30.0. The van der Waals surface area contributed by atoms with Crippen LogP contribution >= 0.6 is 0 Å². The predicted molar refractivity (Wildman–Crippen MR) is 100 cm³/mol. The van der Waals surface area contributed by atoms with Crippen LogP contribution < -0.4 is 5.56 Å². The molecular formula is C21H18N2O5. The maximum Gasteiger partial charge on any atom is 0.343 e. The van der Waals surface area contributed by atoms with E-state index in [0.29, 0.717) is 34.6 Å². The number of carbonyl (C=O) groups excluding carboxylic acids is 1. The van der Waals surface area contributed by atoms with Gasteiger partial charge >= 0.3 is 5.97 Å². The van der Waals surface area contributed by atoms with Crippen LogP contribution in [0.5, 0.6) is 0 Å². The van der Waals surface area contributed by atoms with Gasteiger partial charge in [0.15, 0.2) is 5.60 Å². The van der Waals surface area contributed by atoms with E-state index in [0.717, 1.165) is 16.5 Å². The molecule has 2 N–H and O–H groups in total. The molecular weight excluding hydrogens is 360 g/mol. The van der Waals surface area contributed by atoms with Gasteiger partial charge in [0.1, 0.15) is 6.61 Å². The van der Waals surface area contributed by atoms with Crippen molar-refractivity contribution >= 4 is 16.9 Å². The molecule has 28 heavy (non-hydrogen) atoms. The Hall–Kier alpha value is -3.03. The van der Waals surface area contributed by atoms with Crippen molar-refractivity contribution in [2.75, 3.05) is 0 Å². The monoisotopic (exact) mass is 378 g/mol. The van der Waals surface area contributed by atoms with Crippen molar-refractivity contribution in [3.05, 3.63) is 62.9 Å². The average molecular weight is 378 g/mol. The Labute approximate surface area is 159 Å². The van der Waals surface area contributed by atoms with Crippen molar-refractivity contribution in [3.8, 4) is 11.4 Å². The van der Waals surface area contributed by atoms with Gasteiger partial charge in [0.25, 0.3) is 5.56 Å². The Morgan fingerprint density at radius 1 is 1.29 bits per heavy atom. The molecule has 0 saturated carbocycles. The van der Waals surface area contributed by atoms with Gasteiger partial charge in [0.2, 0.25) is 0 Å². The lowest BCUT2D eigenvalue weighted by molar-refractivity contribution is -0.172. The number of hydrogen-bond acceptors (Lipinski definition) is 6. The third-order valence-electron chi connectivity index (χ3n) is 5.81. The molecule has 0 amide bonds. The molecule has 4 heterocycles. The minimum atomic E-state index is -1.83. The molecule has 2 aliphatic rings. The number of pyridine rings is 2. The smallest absolute Gasteiger partial charge is 0.343 e. The largest absolute Gasteiger partial charge is 0.458 e. The van der Waals surface area contributed by atoms with Crippen molar-refractivity contribution in [2.45, 2.75) is 38.7 Å². The molecule has 0 spiro atoms. The SMILES string of the molecule is CCC1(O)C(=O)OCc2c1cc1n(c2=O)Cc2cc3c(CO)cccc3nc2-1. The van der Waals surface area contributed by atoms with E-state index in [1.54, 1.807) is 17.6 Å². The summed E-state index contributed by atoms with van der Waals surface area (Å²) < 4.78 is 6.68. The first-order valence-corrected chi connectivity index (χ1v) is 9.17. The van der Waals surface area contributed by atoms with Gasteiger partial charge in [-0.2, -0.15) is 0 Å². The highest BCUT2D eigenvalue weighted by Gasteiger charge is 2.45. The number of benzene rings is 1. The summed E-state index contributed by atoms with van der Waals surface area (Å²) in [6, 6.07) is 9.17. The highest BCUT2D eigenvalue weighted by Crippen LogP contribution is 2.38. The van der Waals surface area contributed by atoms with Gasteiger partial charge in [-0.15, -0.1) is 0 Å². The van der Waals surface area contributed by atoms with Crippen LogP contribution in [0.4, 0.5) is 0 Å². The summed E-state index contributed by atoms with van der Waals surface area (Å²) in [5.74, 6) is -0.732. The Morgan fingerprint density at radius 2 is 2.11 bits per heavy atom. The maximum atomic E-state index is 13.1. The summed E-state index contributed by atoms with van der Waals surface area (Å²) in [6.45, 7) is 1.79. The number of fused-ring (bicyclic) bond motifs is 5. The predicted octanol–water partition coefficient (Wildman–Crippen LogP) is 1.57. The molecule has 3 aromatic rings. The van der Waals surface area contributed by atoms with E-state index in [2.05, 4.69) is 0 Å². The second-order valence-corrected chi connectivity index (χ2v) is 7.24. The summed E-state index contributed by atoms with van der Waals surface area (Å²) >= 11 is 0. The molecule has 2 aliphatic heterocycles. The first-order valence-electron chi connectivity index (χ1n) is 9.17. The number of aliphatic hydroxyl groups is 2. The van der Waals surface area contributed by atoms with Crippen LogP contribution in [0.2, 0.25) is 0 Å². The third kappa shape index (κ3) is 2.08. The highest BCUT2D eigenvalue weighted by atomic mass is 16.6. The fourth-order valence-electron chi connectivity index (χ4n) is 4.20. The first kappa shape index (κ1) is 17.1. The van der Waals surface area contributed by atoms with Crippen LogP contribution in [0.1, 0.15) is 35.6 Å². The van der Waals surface area contributed by atoms with E-state index in [1.807, 2.05) is 24.3 Å². The lowest BCUT2D eigenvalue weighted by Crippen LogP contribution is -2.44. The molecule has 7 nitrogen and oxygen atoms in total. The Morgan fingerprint density at radius 3 is 2.86 bits per heavy atom. The minimum absolute atomic E-state index is 0.0953. The van der Waals surface area contributed by atoms with E-state index in [1.165, 1.54) is 0 Å². The van der Waals surface area contributed by atoms with Crippen LogP contribution in [0, 0.1) is 0 Å². The van der Waals surface area contributed by atoms with Gasteiger partial charge in [-0.05, 0) is 30.2 Å². The second kappa shape index (κ2) is 5.73. The molecule has 1 unspecified atom stereocenters. The lowest BCUT2D eigenvalue weighted by atomic mass is 9.86. The highest BCUT2D eigenvalue weighted by molar-refractivity contribution is 5.87. The number of aliphatic hydroxyl groups excluding tert-OH is 1. The van der Waals surface area contributed by atoms with Crippen molar-refractivity contribution < 1.29 is 19.7 Å². The van der Waals surface area contributed by atoms with Crippen LogP contribution in [-0.2, 0) is 34.9 Å². The average Bonchev–Trinajstić information content (AvgIpc) is 3.07. The molecule has 7 heteroatoms. The van der Waals surface area contributed by atoms with Crippen molar-refractivity contribution in [3.63, 3.8) is 0 Å². The molecule has 1 atom stereocenters. The molecule has 142 valence electrons. The fraction of sp³-hybridized carbons (Fsp3) is 0.286. The summed E-state index contributed by atoms with van der Waals surface area (Å²) in [5.41, 5.74) is 2.09. The summed E-state index contributed by atoms with van der Waals surface area (Å²) in [7, 11) is 0. The van der Waals surface area contributed by atoms with E-state index < -0.39 is 11.6 Å². The Balaban J connectivity index is 1.79. The number of ether oxygens (including phenoxy) is 1. The van der Waals surface area contributed by atoms with Crippen LogP contribution in [0.3, 0.4) is 0 Å². The zero-order valence-electron chi connectivity index (χ0n) is 15.2. The number of rotatable bonds is 2. The van der Waals surface area contributed by atoms with Crippen molar-refractivity contribution in [1.29, 1.82) is 0 Å². The minimum Gasteiger partial charge on any atom is -0.458 e. The van der Waals surface area contributed by atoms with Gasteiger partial charge in [0.05, 0.1) is 35.6 Å². The van der Waals surface area contributed by atoms with Crippen LogP contribution in [0.25, 0.3) is 22.3 Å². The van der Waals surface area contributed by atoms with Gasteiger partial charge in [-0.3, -0.25) is 4.79 Å². The maximum absolute atomic E-state index is 13.1. The van der Waals surface area contributed by atoms with E-state index in [-0.39, 0.29) is 25.2 Å². The number of aromatic nitrogens is 2. The molecule has 5 rings (SSSR count). The Bertz CT molecular complexity index is 1230. The van der Waals surface area contributed by atoms with Crippen LogP contribution in [0.15, 0.2) is 35.1 Å². The number of carbonyl (C=O) groups is 1. The molecule has 0 radical (unpaired) electrons. The van der Waals surface area contributed by atoms with Gasteiger partial charge in [0, 0.05) is 16.5 Å². The van der Waals surface area contributed by atoms with Crippen molar-refractivity contribution in [2.24, 2.45) is 0 Å². The molecule has 0 aliphatic carbocycles. The third-order valence-corrected chi connectivity index (χ3v) is 5.81. The van der Waals surface area contributed by atoms with Gasteiger partial charge < -0.3 is 19.5 Å². The second-order valence-electron chi connectivity index (χ2n) is 7.24. The van der Waals surface area contributed by atoms with E-state index in [4.69, 9.17) is 9.72 Å². The molecule has 0 fully saturated rings. The zero-order chi connectivity index (χ0) is 19.6. The lowest BCUT2D eigenvalue weighted by Gasteiger charge is -2.31.